The van der Waals surface area contributed by atoms with Crippen LogP contribution in [0, 0.1) is 17.6 Å². The molecule has 144 valence electrons. The molecule has 5 rings (SSSR count). The van der Waals surface area contributed by atoms with Crippen LogP contribution in [0.25, 0.3) is 0 Å². The Kier molecular flexibility index (Phi) is 4.01. The summed E-state index contributed by atoms with van der Waals surface area (Å²) in [6.45, 7) is 1.39. The van der Waals surface area contributed by atoms with Gasteiger partial charge in [-0.2, -0.15) is 0 Å². The molecule has 3 heterocycles. The summed E-state index contributed by atoms with van der Waals surface area (Å²) in [6, 6.07) is 8.94. The van der Waals surface area contributed by atoms with Crippen LogP contribution in [-0.4, -0.2) is 41.0 Å². The summed E-state index contributed by atoms with van der Waals surface area (Å²) >= 11 is 5.74. The molecular weight excluding hydrogens is 388 g/mol. The normalized spacial score (nSPS) is 27.5. The van der Waals surface area contributed by atoms with Gasteiger partial charge in [-0.3, -0.25) is 9.59 Å². The molecule has 3 atom stereocenters. The molecule has 2 aromatic carbocycles. The standard InChI is InChI=1S/C20H16ClF2N3O2/c21-14-7-6-13(10-15(14)23)26-19(27)16-17(11-2-4-12(22)5-3-11)24-8-1-9-25(24)18(16)20(26)28/h2-7,10,16-18H,1,8-9H2/t16-,17-,18-/m0/s1. The molecule has 8 heteroatoms. The van der Waals surface area contributed by atoms with Crippen LogP contribution < -0.4 is 4.90 Å². The first-order valence-corrected chi connectivity index (χ1v) is 9.46. The zero-order chi connectivity index (χ0) is 19.6. The predicted octanol–water partition coefficient (Wildman–Crippen LogP) is 3.15. The number of nitrogens with zero attached hydrogens (tertiary/aromatic N) is 3. The summed E-state index contributed by atoms with van der Waals surface area (Å²) in [5, 5.41) is 3.90. The van der Waals surface area contributed by atoms with Crippen LogP contribution in [0.2, 0.25) is 5.02 Å². The maximum absolute atomic E-state index is 13.9. The SMILES string of the molecule is O=C1[C@@H]2[C@@H](C(=O)N1c1ccc(Cl)c(F)c1)N1CCCN1[C@H]2c1ccc(F)cc1. The first-order chi connectivity index (χ1) is 13.5. The van der Waals surface area contributed by atoms with Gasteiger partial charge in [0.2, 0.25) is 5.91 Å². The van der Waals surface area contributed by atoms with Gasteiger partial charge in [0.05, 0.1) is 22.7 Å². The third-order valence-electron chi connectivity index (χ3n) is 5.78. The van der Waals surface area contributed by atoms with Crippen LogP contribution in [-0.2, 0) is 9.59 Å². The Morgan fingerprint density at radius 1 is 0.893 bits per heavy atom. The summed E-state index contributed by atoms with van der Waals surface area (Å²) < 4.78 is 27.3. The molecule has 2 aromatic rings. The van der Waals surface area contributed by atoms with Crippen molar-refractivity contribution in [3.63, 3.8) is 0 Å². The van der Waals surface area contributed by atoms with E-state index in [4.69, 9.17) is 11.6 Å². The number of carbonyl (C=O) groups is 2. The smallest absolute Gasteiger partial charge is 0.253 e. The highest BCUT2D eigenvalue weighted by Crippen LogP contribution is 2.49. The van der Waals surface area contributed by atoms with Gasteiger partial charge in [0.15, 0.2) is 0 Å². The average molecular weight is 404 g/mol. The molecule has 0 unspecified atom stereocenters. The molecule has 28 heavy (non-hydrogen) atoms. The van der Waals surface area contributed by atoms with E-state index in [9.17, 15) is 18.4 Å². The minimum atomic E-state index is -0.685. The van der Waals surface area contributed by atoms with Gasteiger partial charge < -0.3 is 0 Å². The molecule has 3 aliphatic heterocycles. The summed E-state index contributed by atoms with van der Waals surface area (Å²) in [5.74, 6) is -2.41. The number of carbonyl (C=O) groups excluding carboxylic acids is 2. The second-order valence-electron chi connectivity index (χ2n) is 7.26. The van der Waals surface area contributed by atoms with Crippen molar-refractivity contribution < 1.29 is 18.4 Å². The van der Waals surface area contributed by atoms with Crippen LogP contribution in [0.1, 0.15) is 18.0 Å². The van der Waals surface area contributed by atoms with Gasteiger partial charge in [-0.1, -0.05) is 23.7 Å². The lowest BCUT2D eigenvalue weighted by Gasteiger charge is -2.29. The average Bonchev–Trinajstić information content (AvgIpc) is 3.31. The molecule has 0 saturated carbocycles. The van der Waals surface area contributed by atoms with E-state index < -0.39 is 17.8 Å². The van der Waals surface area contributed by atoms with E-state index in [-0.39, 0.29) is 34.4 Å². The highest BCUT2D eigenvalue weighted by atomic mass is 35.5. The molecule has 3 saturated heterocycles. The van der Waals surface area contributed by atoms with E-state index in [0.29, 0.717) is 6.54 Å². The second kappa shape index (κ2) is 6.34. The molecular formula is C20H16ClF2N3O2. The summed E-state index contributed by atoms with van der Waals surface area (Å²) in [6.07, 6.45) is 0.873. The predicted molar refractivity (Wildman–Crippen MR) is 98.4 cm³/mol. The Hall–Kier alpha value is -2.35. The molecule has 5 nitrogen and oxygen atoms in total. The number of hydrogen-bond acceptors (Lipinski definition) is 4. The number of hydrazine groups is 1. The zero-order valence-electron chi connectivity index (χ0n) is 14.7. The van der Waals surface area contributed by atoms with Crippen molar-refractivity contribution in [1.82, 2.24) is 10.0 Å². The van der Waals surface area contributed by atoms with Crippen LogP contribution in [0.4, 0.5) is 14.5 Å². The third kappa shape index (κ3) is 2.43. The van der Waals surface area contributed by atoms with E-state index in [2.05, 4.69) is 0 Å². The Morgan fingerprint density at radius 3 is 2.25 bits per heavy atom. The number of benzene rings is 2. The molecule has 0 N–H and O–H groups in total. The topological polar surface area (TPSA) is 43.9 Å². The number of hydrogen-bond donors (Lipinski definition) is 0. The van der Waals surface area contributed by atoms with Crippen LogP contribution in [0.5, 0.6) is 0 Å². The molecule has 0 radical (unpaired) electrons. The number of amides is 2. The van der Waals surface area contributed by atoms with Gasteiger partial charge in [-0.25, -0.2) is 23.7 Å². The van der Waals surface area contributed by atoms with Crippen molar-refractivity contribution in [1.29, 1.82) is 0 Å². The van der Waals surface area contributed by atoms with Crippen molar-refractivity contribution in [2.75, 3.05) is 18.0 Å². The van der Waals surface area contributed by atoms with Crippen molar-refractivity contribution in [2.45, 2.75) is 18.5 Å². The highest BCUT2D eigenvalue weighted by molar-refractivity contribution is 6.31. The monoisotopic (exact) mass is 403 g/mol. The number of imide groups is 1. The van der Waals surface area contributed by atoms with Gasteiger partial charge in [-0.05, 0) is 42.3 Å². The molecule has 0 aromatic heterocycles. The largest absolute Gasteiger partial charge is 0.274 e. The van der Waals surface area contributed by atoms with Gasteiger partial charge >= 0.3 is 0 Å². The number of anilines is 1. The van der Waals surface area contributed by atoms with E-state index in [1.807, 2.05) is 10.0 Å². The highest BCUT2D eigenvalue weighted by Gasteiger charge is 2.62. The van der Waals surface area contributed by atoms with Crippen LogP contribution in [0.3, 0.4) is 0 Å². The van der Waals surface area contributed by atoms with Gasteiger partial charge in [0, 0.05) is 13.1 Å². The van der Waals surface area contributed by atoms with Crippen molar-refractivity contribution in [3.8, 4) is 0 Å². The Labute approximate surface area is 165 Å². The van der Waals surface area contributed by atoms with Crippen molar-refractivity contribution in [3.05, 3.63) is 64.7 Å². The fourth-order valence-electron chi connectivity index (χ4n) is 4.65. The lowest BCUT2D eigenvalue weighted by molar-refractivity contribution is -0.126. The van der Waals surface area contributed by atoms with E-state index in [1.54, 1.807) is 12.1 Å². The number of halogens is 3. The summed E-state index contributed by atoms with van der Waals surface area (Å²) in [7, 11) is 0. The first-order valence-electron chi connectivity index (χ1n) is 9.09. The lowest BCUT2D eigenvalue weighted by Crippen LogP contribution is -2.44. The second-order valence-corrected chi connectivity index (χ2v) is 7.66. The molecule has 0 spiro atoms. The molecule has 2 amide bonds. The van der Waals surface area contributed by atoms with Crippen molar-refractivity contribution >= 4 is 29.1 Å². The third-order valence-corrected chi connectivity index (χ3v) is 6.09. The molecule has 0 bridgehead atoms. The number of fused-ring (bicyclic) bond motifs is 3. The number of rotatable bonds is 2. The molecule has 3 aliphatic rings. The van der Waals surface area contributed by atoms with E-state index in [0.717, 1.165) is 29.5 Å². The zero-order valence-corrected chi connectivity index (χ0v) is 15.4. The van der Waals surface area contributed by atoms with E-state index in [1.165, 1.54) is 24.3 Å². The van der Waals surface area contributed by atoms with Crippen LogP contribution in [0.15, 0.2) is 42.5 Å². The summed E-state index contributed by atoms with van der Waals surface area (Å²) in [5.41, 5.74) is 0.959. The fraction of sp³-hybridized carbons (Fsp3) is 0.300. The van der Waals surface area contributed by atoms with Gasteiger partial charge in [-0.15, -0.1) is 0 Å². The Bertz CT molecular complexity index is 984. The Morgan fingerprint density at radius 2 is 1.57 bits per heavy atom. The first kappa shape index (κ1) is 17.7. The minimum absolute atomic E-state index is 0.0713. The van der Waals surface area contributed by atoms with Gasteiger partial charge in [0.1, 0.15) is 17.7 Å². The molecule has 0 aliphatic carbocycles. The minimum Gasteiger partial charge on any atom is -0.274 e. The Balaban J connectivity index is 1.58. The quantitative estimate of drug-likeness (QED) is 0.723. The van der Waals surface area contributed by atoms with Crippen molar-refractivity contribution in [2.24, 2.45) is 5.92 Å². The lowest BCUT2D eigenvalue weighted by atomic mass is 9.90. The van der Waals surface area contributed by atoms with Crippen LogP contribution >= 0.6 is 11.6 Å². The summed E-state index contributed by atoms with van der Waals surface area (Å²) in [4.78, 5) is 27.5. The maximum atomic E-state index is 13.9. The van der Waals surface area contributed by atoms with E-state index >= 15 is 0 Å². The fourth-order valence-corrected chi connectivity index (χ4v) is 4.77. The van der Waals surface area contributed by atoms with Gasteiger partial charge in [0.25, 0.3) is 5.91 Å². The maximum Gasteiger partial charge on any atom is 0.253 e. The molecule has 3 fully saturated rings.